The average Bonchev–Trinajstić information content (AvgIpc) is 3.31. The highest BCUT2D eigenvalue weighted by Gasteiger charge is 2.39. The fourth-order valence-corrected chi connectivity index (χ4v) is 5.47. The van der Waals surface area contributed by atoms with E-state index in [2.05, 4.69) is 10.1 Å². The van der Waals surface area contributed by atoms with E-state index in [0.717, 1.165) is 28.1 Å². The van der Waals surface area contributed by atoms with Crippen molar-refractivity contribution in [1.29, 1.82) is 5.41 Å². The van der Waals surface area contributed by atoms with Crippen molar-refractivity contribution in [1.82, 2.24) is 5.01 Å². The van der Waals surface area contributed by atoms with Crippen molar-refractivity contribution in [2.45, 2.75) is 13.8 Å². The molecule has 1 N–H and O–H groups in total. The molecule has 0 unspecified atom stereocenters. The van der Waals surface area contributed by atoms with Gasteiger partial charge in [0.25, 0.3) is 5.91 Å². The molecular formula is C24H24N4O6S2. The largest absolute Gasteiger partial charge is 0.493 e. The Kier molecular flexibility index (Phi) is 7.45. The molecule has 2 aliphatic rings. The Labute approximate surface area is 213 Å². The monoisotopic (exact) mass is 528 g/mol. The van der Waals surface area contributed by atoms with Crippen molar-refractivity contribution in [3.63, 3.8) is 0 Å². The third-order valence-electron chi connectivity index (χ3n) is 5.27. The highest BCUT2D eigenvalue weighted by atomic mass is 32.3. The molecule has 2 heterocycles. The van der Waals surface area contributed by atoms with Gasteiger partial charge < -0.3 is 14.2 Å². The molecule has 1 amide bonds. The Hall–Kier alpha value is -3.64. The van der Waals surface area contributed by atoms with Crippen LogP contribution in [-0.4, -0.2) is 60.8 Å². The first-order chi connectivity index (χ1) is 17.2. The van der Waals surface area contributed by atoms with Gasteiger partial charge >= 0.3 is 0 Å². The third-order valence-corrected chi connectivity index (χ3v) is 8.36. The molecule has 188 valence electrons. The van der Waals surface area contributed by atoms with Crippen LogP contribution in [0, 0.1) is 12.3 Å². The first-order valence-electron chi connectivity index (χ1n) is 11.0. The van der Waals surface area contributed by atoms with Gasteiger partial charge in [-0.1, -0.05) is 31.2 Å². The van der Waals surface area contributed by atoms with Crippen LogP contribution < -0.4 is 14.2 Å². The molecule has 36 heavy (non-hydrogen) atoms. The minimum atomic E-state index is -3.59. The summed E-state index contributed by atoms with van der Waals surface area (Å²) < 4.78 is 41.1. The number of hydrogen-bond acceptors (Lipinski definition) is 9. The van der Waals surface area contributed by atoms with Crippen LogP contribution in [0.25, 0.3) is 6.08 Å². The highest BCUT2D eigenvalue weighted by Crippen LogP contribution is 2.32. The van der Waals surface area contributed by atoms with E-state index in [0.29, 0.717) is 30.3 Å². The summed E-state index contributed by atoms with van der Waals surface area (Å²) in [4.78, 5) is 16.5. The number of amides is 1. The Morgan fingerprint density at radius 2 is 1.81 bits per heavy atom. The Bertz CT molecular complexity index is 1420. The molecule has 0 aliphatic carbocycles. The topological polar surface area (TPSA) is 131 Å². The summed E-state index contributed by atoms with van der Waals surface area (Å²) in [6, 6.07) is 12.8. The number of aryl methyl sites for hydroxylation is 1. The molecule has 10 nitrogen and oxygen atoms in total. The second kappa shape index (κ2) is 10.5. The smallest absolute Gasteiger partial charge is 0.283 e. The first-order valence-corrected chi connectivity index (χ1v) is 13.4. The molecule has 2 aliphatic heterocycles. The fraction of sp³-hybridized carbons (Fsp3) is 0.250. The zero-order valence-corrected chi connectivity index (χ0v) is 21.5. The van der Waals surface area contributed by atoms with E-state index in [4.69, 9.17) is 19.6 Å². The van der Waals surface area contributed by atoms with Gasteiger partial charge in [-0.15, -0.1) is 5.10 Å². The van der Waals surface area contributed by atoms with Gasteiger partial charge in [-0.05, 0) is 54.1 Å². The van der Waals surface area contributed by atoms with Crippen LogP contribution in [0.4, 0.5) is 0 Å². The lowest BCUT2D eigenvalue weighted by atomic mass is 10.1. The van der Waals surface area contributed by atoms with Crippen LogP contribution in [0.5, 0.6) is 17.2 Å². The number of carbonyl (C=O) groups is 1. The number of hydrogen-bond donors (Lipinski definition) is 1. The number of methoxy groups -OCH3 is 1. The number of aliphatic imine (C=N–C) groups is 1. The molecule has 12 heteroatoms. The number of nitrogens with zero attached hydrogens (tertiary/aromatic N) is 3. The number of hydrazone groups is 1. The van der Waals surface area contributed by atoms with Crippen molar-refractivity contribution in [2.24, 2.45) is 10.1 Å². The zero-order valence-electron chi connectivity index (χ0n) is 19.8. The van der Waals surface area contributed by atoms with Crippen LogP contribution in [-0.2, 0) is 14.6 Å². The van der Waals surface area contributed by atoms with Crippen molar-refractivity contribution in [3.8, 4) is 17.2 Å². The van der Waals surface area contributed by atoms with Crippen molar-refractivity contribution in [3.05, 3.63) is 59.2 Å². The van der Waals surface area contributed by atoms with E-state index < -0.39 is 15.7 Å². The van der Waals surface area contributed by atoms with E-state index in [9.17, 15) is 13.2 Å². The zero-order chi connectivity index (χ0) is 25.9. The summed E-state index contributed by atoms with van der Waals surface area (Å²) >= 11 is 0.761. The molecule has 2 aromatic rings. The van der Waals surface area contributed by atoms with Gasteiger partial charge in [0.15, 0.2) is 17.3 Å². The number of nitrogens with one attached hydrogen (secondary N) is 1. The Morgan fingerprint density at radius 3 is 2.50 bits per heavy atom. The van der Waals surface area contributed by atoms with Gasteiger partial charge in [0.1, 0.15) is 19.0 Å². The van der Waals surface area contributed by atoms with Gasteiger partial charge in [-0.3, -0.25) is 10.2 Å². The molecule has 0 fully saturated rings. The molecule has 0 radical (unpaired) electrons. The molecule has 0 saturated carbocycles. The predicted molar refractivity (Wildman–Crippen MR) is 140 cm³/mol. The van der Waals surface area contributed by atoms with E-state index in [1.165, 1.54) is 20.1 Å². The predicted octanol–water partition coefficient (Wildman–Crippen LogP) is 3.47. The number of carbonyl (C=O) groups excluding carboxylic acids is 1. The van der Waals surface area contributed by atoms with Crippen molar-refractivity contribution < 1.29 is 27.4 Å². The molecule has 0 saturated heterocycles. The number of benzene rings is 2. The molecule has 4 rings (SSSR count). The Morgan fingerprint density at radius 1 is 1.08 bits per heavy atom. The maximum Gasteiger partial charge on any atom is 0.283 e. The van der Waals surface area contributed by atoms with Crippen LogP contribution in [0.15, 0.2) is 58.1 Å². The summed E-state index contributed by atoms with van der Waals surface area (Å²) in [5, 5.41) is 13.5. The van der Waals surface area contributed by atoms with Gasteiger partial charge in [0, 0.05) is 0 Å². The SMILES string of the molecule is CCS(=O)(=O)C1=NN2C(=N)/C(=C/c3ccc(OCCOc4ccccc4C)c(OC)c3)C(=O)N=C2S1. The molecule has 0 spiro atoms. The number of sulfone groups is 1. The standard InChI is InChI=1S/C24H24N4O6S2/c1-4-36(30,31)24-27-28-21(25)17(22(29)26-23(28)35-24)13-16-9-10-19(20(14-16)32-3)34-12-11-33-18-8-6-5-7-15(18)2/h5-10,13-14,25H,4,11-12H2,1-3H3/b17-13-,25-21?. The number of fused-ring (bicyclic) bond motifs is 1. The number of para-hydroxylation sites is 1. The highest BCUT2D eigenvalue weighted by molar-refractivity contribution is 8.42. The summed E-state index contributed by atoms with van der Waals surface area (Å²) in [5.74, 6) is 0.665. The maximum atomic E-state index is 12.6. The van der Waals surface area contributed by atoms with Crippen LogP contribution >= 0.6 is 11.8 Å². The fourth-order valence-electron chi connectivity index (χ4n) is 3.31. The normalized spacial score (nSPS) is 16.5. The second-order valence-electron chi connectivity index (χ2n) is 7.66. The summed E-state index contributed by atoms with van der Waals surface area (Å²) in [6.07, 6.45) is 1.48. The number of ether oxygens (including phenoxy) is 3. The number of amidine groups is 2. The van der Waals surface area contributed by atoms with Gasteiger partial charge in [0.2, 0.25) is 19.4 Å². The van der Waals surface area contributed by atoms with E-state index >= 15 is 0 Å². The Balaban J connectivity index is 1.48. The summed E-state index contributed by atoms with van der Waals surface area (Å²) in [7, 11) is -2.09. The summed E-state index contributed by atoms with van der Waals surface area (Å²) in [5.41, 5.74) is 1.58. The van der Waals surface area contributed by atoms with Crippen molar-refractivity contribution >= 4 is 49.0 Å². The number of rotatable bonds is 8. The van der Waals surface area contributed by atoms with Crippen LogP contribution in [0.1, 0.15) is 18.1 Å². The number of thioether (sulfide) groups is 1. The van der Waals surface area contributed by atoms with Gasteiger partial charge in [0.05, 0.1) is 18.4 Å². The summed E-state index contributed by atoms with van der Waals surface area (Å²) in [6.45, 7) is 4.10. The quantitative estimate of drug-likeness (QED) is 0.407. The molecule has 0 bridgehead atoms. The molecule has 0 atom stereocenters. The molecular weight excluding hydrogens is 504 g/mol. The first kappa shape index (κ1) is 25.5. The van der Waals surface area contributed by atoms with Crippen molar-refractivity contribution in [2.75, 3.05) is 26.1 Å². The second-order valence-corrected chi connectivity index (χ2v) is 11.1. The molecule has 2 aromatic carbocycles. The van der Waals surface area contributed by atoms with E-state index in [-0.39, 0.29) is 26.7 Å². The minimum absolute atomic E-state index is 0.0272. The van der Waals surface area contributed by atoms with Crippen LogP contribution in [0.2, 0.25) is 0 Å². The molecule has 0 aromatic heterocycles. The average molecular weight is 529 g/mol. The lowest BCUT2D eigenvalue weighted by Crippen LogP contribution is -2.35. The third kappa shape index (κ3) is 5.29. The lowest BCUT2D eigenvalue weighted by Gasteiger charge is -2.20. The van der Waals surface area contributed by atoms with E-state index in [1.54, 1.807) is 18.2 Å². The van der Waals surface area contributed by atoms with Gasteiger partial charge in [-0.25, -0.2) is 8.42 Å². The van der Waals surface area contributed by atoms with E-state index in [1.807, 2.05) is 31.2 Å². The minimum Gasteiger partial charge on any atom is -0.493 e. The lowest BCUT2D eigenvalue weighted by molar-refractivity contribution is -0.114. The van der Waals surface area contributed by atoms with Gasteiger partial charge in [-0.2, -0.15) is 10.0 Å². The van der Waals surface area contributed by atoms with Crippen LogP contribution in [0.3, 0.4) is 0 Å². The maximum absolute atomic E-state index is 12.6.